The van der Waals surface area contributed by atoms with Crippen molar-refractivity contribution in [3.05, 3.63) is 0 Å². The number of unbranched alkanes of at least 4 members (excludes halogenated alkanes) is 2. The molecule has 1 N–H and O–H groups in total. The van der Waals surface area contributed by atoms with Crippen molar-refractivity contribution in [2.24, 2.45) is 0 Å². The second-order valence-corrected chi connectivity index (χ2v) is 5.11. The predicted molar refractivity (Wildman–Crippen MR) is 75.0 cm³/mol. The molecule has 1 aliphatic rings. The number of hydrogen-bond donors (Lipinski definition) is 1. The summed E-state index contributed by atoms with van der Waals surface area (Å²) in [5.41, 5.74) is 0. The second-order valence-electron chi connectivity index (χ2n) is 5.11. The molecule has 1 aliphatic heterocycles. The first-order valence-electron chi connectivity index (χ1n) is 7.22. The van der Waals surface area contributed by atoms with Crippen LogP contribution in [0.4, 0.5) is 0 Å². The number of piperazine rings is 1. The van der Waals surface area contributed by atoms with Crippen molar-refractivity contribution in [3.63, 3.8) is 0 Å². The van der Waals surface area contributed by atoms with Gasteiger partial charge in [0.25, 0.3) is 0 Å². The van der Waals surface area contributed by atoms with Crippen LogP contribution >= 0.6 is 0 Å². The highest BCUT2D eigenvalue weighted by molar-refractivity contribution is 4.86. The van der Waals surface area contributed by atoms with Crippen LogP contribution in [-0.2, 0) is 0 Å². The molecule has 0 aromatic carbocycles. The van der Waals surface area contributed by atoms with Crippen molar-refractivity contribution in [1.29, 1.82) is 0 Å². The summed E-state index contributed by atoms with van der Waals surface area (Å²) in [5, 5.41) is 3.68. The van der Waals surface area contributed by atoms with E-state index in [-0.39, 0.29) is 0 Å². The largest absolute Gasteiger partial charge is 0.311 e. The van der Waals surface area contributed by atoms with E-state index >= 15 is 0 Å². The lowest BCUT2D eigenvalue weighted by molar-refractivity contribution is 0.121. The van der Waals surface area contributed by atoms with Gasteiger partial charge >= 0.3 is 0 Å². The minimum atomic E-state index is 0.704. The van der Waals surface area contributed by atoms with Crippen LogP contribution in [0, 0.1) is 12.3 Å². The van der Waals surface area contributed by atoms with Crippen molar-refractivity contribution < 1.29 is 0 Å². The molecule has 2 nitrogen and oxygen atoms in total. The summed E-state index contributed by atoms with van der Waals surface area (Å²) < 4.78 is 0. The zero-order chi connectivity index (χ0) is 12.5. The molecule has 0 amide bonds. The Bertz CT molecular complexity index is 232. The third kappa shape index (κ3) is 5.10. The monoisotopic (exact) mass is 236 g/mol. The summed E-state index contributed by atoms with van der Waals surface area (Å²) in [6.07, 6.45) is 12.5. The number of nitrogens with one attached hydrogen (secondary N) is 1. The fraction of sp³-hybridized carbons (Fsp3) is 0.867. The van der Waals surface area contributed by atoms with Crippen LogP contribution in [0.15, 0.2) is 0 Å². The lowest BCUT2D eigenvalue weighted by Gasteiger charge is -2.40. The maximum absolute atomic E-state index is 5.29. The molecule has 0 radical (unpaired) electrons. The highest BCUT2D eigenvalue weighted by Gasteiger charge is 2.25. The number of rotatable bonds is 7. The lowest BCUT2D eigenvalue weighted by atomic mass is 10.0. The molecule has 0 aromatic heterocycles. The smallest absolute Gasteiger partial charge is 0.0218 e. The molecule has 1 heterocycles. The van der Waals surface area contributed by atoms with Gasteiger partial charge in [0.1, 0.15) is 0 Å². The van der Waals surface area contributed by atoms with Gasteiger partial charge in [-0.2, -0.15) is 0 Å². The summed E-state index contributed by atoms with van der Waals surface area (Å²) in [6.45, 7) is 8.17. The quantitative estimate of drug-likeness (QED) is 0.540. The molecule has 1 fully saturated rings. The molecule has 0 saturated carbocycles. The Balaban J connectivity index is 2.32. The van der Waals surface area contributed by atoms with Gasteiger partial charge in [-0.15, -0.1) is 12.3 Å². The van der Waals surface area contributed by atoms with Crippen LogP contribution in [-0.4, -0.2) is 36.6 Å². The fourth-order valence-electron chi connectivity index (χ4n) is 2.69. The molecular weight excluding hydrogens is 208 g/mol. The standard InChI is InChI=1S/C15H28N2/c1-4-7-8-9-11-17-13-14(10-5-2)16-12-15(17)6-3/h1,14-16H,5-13H2,2-3H3. The lowest BCUT2D eigenvalue weighted by Crippen LogP contribution is -2.56. The Morgan fingerprint density at radius 2 is 2.18 bits per heavy atom. The molecule has 1 rings (SSSR count). The van der Waals surface area contributed by atoms with E-state index in [4.69, 9.17) is 6.42 Å². The molecule has 0 bridgehead atoms. The minimum Gasteiger partial charge on any atom is -0.311 e. The summed E-state index contributed by atoms with van der Waals surface area (Å²) >= 11 is 0. The van der Waals surface area contributed by atoms with E-state index in [1.807, 2.05) is 0 Å². The Kier molecular flexibility index (Phi) is 7.32. The van der Waals surface area contributed by atoms with Crippen LogP contribution in [0.2, 0.25) is 0 Å². The van der Waals surface area contributed by atoms with E-state index in [0.717, 1.165) is 19.0 Å². The van der Waals surface area contributed by atoms with E-state index in [2.05, 4.69) is 30.0 Å². The summed E-state index contributed by atoms with van der Waals surface area (Å²) in [5.74, 6) is 2.73. The first kappa shape index (κ1) is 14.5. The van der Waals surface area contributed by atoms with Crippen molar-refractivity contribution in [2.45, 2.75) is 64.5 Å². The summed E-state index contributed by atoms with van der Waals surface area (Å²) in [6, 6.07) is 1.43. The molecule has 2 unspecified atom stereocenters. The van der Waals surface area contributed by atoms with Gasteiger partial charge in [0, 0.05) is 31.6 Å². The minimum absolute atomic E-state index is 0.704. The van der Waals surface area contributed by atoms with Gasteiger partial charge in [-0.1, -0.05) is 20.3 Å². The number of nitrogens with zero attached hydrogens (tertiary/aromatic N) is 1. The third-order valence-electron chi connectivity index (χ3n) is 3.74. The van der Waals surface area contributed by atoms with E-state index < -0.39 is 0 Å². The van der Waals surface area contributed by atoms with Crippen LogP contribution in [0.1, 0.15) is 52.4 Å². The van der Waals surface area contributed by atoms with Crippen LogP contribution in [0.5, 0.6) is 0 Å². The Labute approximate surface area is 107 Å². The molecule has 1 saturated heterocycles. The average Bonchev–Trinajstić information content (AvgIpc) is 2.35. The average molecular weight is 236 g/mol. The highest BCUT2D eigenvalue weighted by Crippen LogP contribution is 2.14. The van der Waals surface area contributed by atoms with Crippen LogP contribution in [0.3, 0.4) is 0 Å². The van der Waals surface area contributed by atoms with Gasteiger partial charge in [0.15, 0.2) is 0 Å². The van der Waals surface area contributed by atoms with E-state index in [0.29, 0.717) is 6.04 Å². The molecular formula is C15H28N2. The maximum atomic E-state index is 5.29. The molecule has 0 spiro atoms. The number of terminal acetylenes is 1. The zero-order valence-electron chi connectivity index (χ0n) is 11.5. The first-order chi connectivity index (χ1) is 8.31. The fourth-order valence-corrected chi connectivity index (χ4v) is 2.69. The normalized spacial score (nSPS) is 25.7. The molecule has 0 aromatic rings. The van der Waals surface area contributed by atoms with E-state index in [1.54, 1.807) is 0 Å². The Morgan fingerprint density at radius 1 is 1.35 bits per heavy atom. The highest BCUT2D eigenvalue weighted by atomic mass is 15.2. The van der Waals surface area contributed by atoms with Crippen molar-refractivity contribution in [2.75, 3.05) is 19.6 Å². The third-order valence-corrected chi connectivity index (χ3v) is 3.74. The zero-order valence-corrected chi connectivity index (χ0v) is 11.5. The first-order valence-corrected chi connectivity index (χ1v) is 7.22. The summed E-state index contributed by atoms with van der Waals surface area (Å²) in [7, 11) is 0. The Hall–Kier alpha value is -0.520. The maximum Gasteiger partial charge on any atom is 0.0218 e. The van der Waals surface area contributed by atoms with Gasteiger partial charge in [-0.05, 0) is 32.2 Å². The molecule has 2 heteroatoms. The van der Waals surface area contributed by atoms with E-state index in [9.17, 15) is 0 Å². The van der Waals surface area contributed by atoms with Gasteiger partial charge < -0.3 is 5.32 Å². The molecule has 0 aliphatic carbocycles. The second kappa shape index (κ2) is 8.55. The summed E-state index contributed by atoms with van der Waals surface area (Å²) in [4.78, 5) is 2.67. The molecule has 98 valence electrons. The Morgan fingerprint density at radius 3 is 2.82 bits per heavy atom. The molecule has 2 atom stereocenters. The van der Waals surface area contributed by atoms with Crippen LogP contribution < -0.4 is 5.32 Å². The van der Waals surface area contributed by atoms with Crippen molar-refractivity contribution >= 4 is 0 Å². The molecule has 17 heavy (non-hydrogen) atoms. The van der Waals surface area contributed by atoms with Gasteiger partial charge in [0.2, 0.25) is 0 Å². The van der Waals surface area contributed by atoms with Gasteiger partial charge in [0.05, 0.1) is 0 Å². The predicted octanol–water partition coefficient (Wildman–Crippen LogP) is 2.64. The number of hydrogen-bond acceptors (Lipinski definition) is 2. The van der Waals surface area contributed by atoms with Crippen LogP contribution in [0.25, 0.3) is 0 Å². The van der Waals surface area contributed by atoms with Crippen molar-refractivity contribution in [3.8, 4) is 12.3 Å². The van der Waals surface area contributed by atoms with Crippen molar-refractivity contribution in [1.82, 2.24) is 10.2 Å². The van der Waals surface area contributed by atoms with Gasteiger partial charge in [-0.25, -0.2) is 0 Å². The van der Waals surface area contributed by atoms with Gasteiger partial charge in [-0.3, -0.25) is 4.90 Å². The van der Waals surface area contributed by atoms with E-state index in [1.165, 1.54) is 45.2 Å². The topological polar surface area (TPSA) is 15.3 Å². The SMILES string of the molecule is C#CCCCCN1CC(CCC)NCC1CC.